The molecule has 1 amide bonds. The monoisotopic (exact) mass is 331 g/mol. The first-order chi connectivity index (χ1) is 11.2. The molecule has 1 N–H and O–H groups in total. The lowest BCUT2D eigenvalue weighted by Crippen LogP contribution is -2.23. The normalized spacial score (nSPS) is 11.6. The third-order valence-corrected chi connectivity index (χ3v) is 4.31. The van der Waals surface area contributed by atoms with Crippen LogP contribution in [-0.4, -0.2) is 30.6 Å². The van der Waals surface area contributed by atoms with Crippen molar-refractivity contribution in [3.8, 4) is 11.5 Å². The minimum atomic E-state index is -0.142. The molecule has 0 radical (unpaired) electrons. The lowest BCUT2D eigenvalue weighted by atomic mass is 10.3. The van der Waals surface area contributed by atoms with Crippen LogP contribution >= 0.6 is 11.8 Å². The molecule has 0 aromatic heterocycles. The fourth-order valence-corrected chi connectivity index (χ4v) is 2.64. The van der Waals surface area contributed by atoms with E-state index in [1.165, 1.54) is 0 Å². The number of carbonyl (C=O) groups is 1. The second kappa shape index (κ2) is 9.10. The fraction of sp³-hybridized carbons (Fsp3) is 0.278. The Morgan fingerprint density at radius 3 is 2.43 bits per heavy atom. The number of hydrogen-bond donors (Lipinski definition) is 1. The highest BCUT2D eigenvalue weighted by molar-refractivity contribution is 8.00. The van der Waals surface area contributed by atoms with Crippen LogP contribution in [0.25, 0.3) is 0 Å². The smallest absolute Gasteiger partial charge is 0.237 e. The Balaban J connectivity index is 1.69. The molecule has 0 bridgehead atoms. The van der Waals surface area contributed by atoms with Gasteiger partial charge in [0, 0.05) is 11.4 Å². The summed E-state index contributed by atoms with van der Waals surface area (Å²) >= 11 is 1.57. The second-order valence-corrected chi connectivity index (χ2v) is 6.34. The number of hydrogen-bond acceptors (Lipinski definition) is 4. The lowest BCUT2D eigenvalue weighted by Gasteiger charge is -2.12. The number of thioether (sulfide) groups is 1. The third kappa shape index (κ3) is 5.87. The van der Waals surface area contributed by atoms with E-state index in [1.807, 2.05) is 61.5 Å². The fourth-order valence-electron chi connectivity index (χ4n) is 1.90. The highest BCUT2D eigenvalue weighted by Crippen LogP contribution is 2.18. The van der Waals surface area contributed by atoms with Gasteiger partial charge in [0.2, 0.25) is 5.91 Å². The zero-order valence-electron chi connectivity index (χ0n) is 13.3. The summed E-state index contributed by atoms with van der Waals surface area (Å²) in [5, 5.41) is 2.75. The number of para-hydroxylation sites is 1. The van der Waals surface area contributed by atoms with Crippen LogP contribution in [0.2, 0.25) is 0 Å². The van der Waals surface area contributed by atoms with E-state index in [2.05, 4.69) is 5.32 Å². The van der Waals surface area contributed by atoms with Crippen LogP contribution in [0.3, 0.4) is 0 Å². The van der Waals surface area contributed by atoms with Crippen LogP contribution < -0.4 is 14.8 Å². The van der Waals surface area contributed by atoms with Crippen molar-refractivity contribution >= 4 is 23.4 Å². The van der Waals surface area contributed by atoms with Crippen molar-refractivity contribution < 1.29 is 14.3 Å². The molecule has 1 atom stereocenters. The Morgan fingerprint density at radius 2 is 1.78 bits per heavy atom. The van der Waals surface area contributed by atoms with Gasteiger partial charge in [0.25, 0.3) is 0 Å². The van der Waals surface area contributed by atoms with Gasteiger partial charge in [-0.05, 0) is 43.3 Å². The average Bonchev–Trinajstić information content (AvgIpc) is 2.60. The average molecular weight is 331 g/mol. The number of carbonyl (C=O) groups excluding carboxylic acids is 1. The highest BCUT2D eigenvalue weighted by atomic mass is 32.2. The third-order valence-electron chi connectivity index (χ3n) is 3.19. The van der Waals surface area contributed by atoms with Crippen molar-refractivity contribution in [2.75, 3.05) is 24.8 Å². The van der Waals surface area contributed by atoms with E-state index >= 15 is 0 Å². The van der Waals surface area contributed by atoms with Crippen molar-refractivity contribution in [2.45, 2.75) is 12.2 Å². The predicted octanol–water partition coefficient (Wildman–Crippen LogP) is 3.83. The molecule has 0 spiro atoms. The maximum Gasteiger partial charge on any atom is 0.237 e. The molecule has 4 nitrogen and oxygen atoms in total. The maximum atomic E-state index is 12.1. The van der Waals surface area contributed by atoms with Gasteiger partial charge in [-0.25, -0.2) is 0 Å². The first kappa shape index (κ1) is 17.2. The van der Waals surface area contributed by atoms with Crippen molar-refractivity contribution in [1.29, 1.82) is 0 Å². The first-order valence-electron chi connectivity index (χ1n) is 7.43. The molecular formula is C18H21NO3S. The Labute approximate surface area is 141 Å². The van der Waals surface area contributed by atoms with Gasteiger partial charge in [-0.1, -0.05) is 18.2 Å². The number of amides is 1. The first-order valence-corrected chi connectivity index (χ1v) is 8.48. The molecule has 0 heterocycles. The number of ether oxygens (including phenoxy) is 2. The largest absolute Gasteiger partial charge is 0.497 e. The van der Waals surface area contributed by atoms with Crippen molar-refractivity contribution in [1.82, 2.24) is 0 Å². The predicted molar refractivity (Wildman–Crippen MR) is 95.5 cm³/mol. The molecule has 2 aromatic rings. The minimum absolute atomic E-state index is 0.0140. The molecule has 2 rings (SSSR count). The molecule has 1 unspecified atom stereocenters. The SMILES string of the molecule is COc1ccc(NC(=O)C(C)SCCOc2ccccc2)cc1. The van der Waals surface area contributed by atoms with Gasteiger partial charge in [0.05, 0.1) is 19.0 Å². The van der Waals surface area contributed by atoms with Crippen LogP contribution in [-0.2, 0) is 4.79 Å². The van der Waals surface area contributed by atoms with E-state index in [9.17, 15) is 4.79 Å². The quantitative estimate of drug-likeness (QED) is 0.747. The molecule has 2 aromatic carbocycles. The Hall–Kier alpha value is -2.14. The van der Waals surface area contributed by atoms with E-state index in [4.69, 9.17) is 9.47 Å². The molecular weight excluding hydrogens is 310 g/mol. The van der Waals surface area contributed by atoms with Crippen LogP contribution in [0.15, 0.2) is 54.6 Å². The van der Waals surface area contributed by atoms with Gasteiger partial charge in [0.15, 0.2) is 0 Å². The lowest BCUT2D eigenvalue weighted by molar-refractivity contribution is -0.115. The molecule has 0 aliphatic carbocycles. The Kier molecular flexibility index (Phi) is 6.81. The Bertz CT molecular complexity index is 601. The van der Waals surface area contributed by atoms with Crippen molar-refractivity contribution in [3.63, 3.8) is 0 Å². The molecule has 122 valence electrons. The summed E-state index contributed by atoms with van der Waals surface area (Å²) in [6.45, 7) is 2.47. The van der Waals surface area contributed by atoms with Crippen LogP contribution in [0.1, 0.15) is 6.92 Å². The summed E-state index contributed by atoms with van der Waals surface area (Å²) in [5.74, 6) is 2.36. The number of methoxy groups -OCH3 is 1. The summed E-state index contributed by atoms with van der Waals surface area (Å²) < 4.78 is 10.7. The standard InChI is InChI=1S/C18H21NO3S/c1-14(23-13-12-22-17-6-4-3-5-7-17)18(20)19-15-8-10-16(21-2)11-9-15/h3-11,14H,12-13H2,1-2H3,(H,19,20). The van der Waals surface area contributed by atoms with E-state index in [0.717, 1.165) is 22.9 Å². The zero-order chi connectivity index (χ0) is 16.5. The van der Waals surface area contributed by atoms with E-state index in [0.29, 0.717) is 6.61 Å². The molecule has 0 aliphatic heterocycles. The maximum absolute atomic E-state index is 12.1. The summed E-state index contributed by atoms with van der Waals surface area (Å²) in [7, 11) is 1.61. The molecule has 0 saturated carbocycles. The van der Waals surface area contributed by atoms with Gasteiger partial charge in [-0.15, -0.1) is 11.8 Å². The summed E-state index contributed by atoms with van der Waals surface area (Å²) in [6, 6.07) is 17.0. The van der Waals surface area contributed by atoms with Crippen molar-refractivity contribution in [3.05, 3.63) is 54.6 Å². The summed E-state index contributed by atoms with van der Waals surface area (Å²) in [4.78, 5) is 12.1. The minimum Gasteiger partial charge on any atom is -0.497 e. The number of nitrogens with one attached hydrogen (secondary N) is 1. The van der Waals surface area contributed by atoms with Gasteiger partial charge < -0.3 is 14.8 Å². The molecule has 0 aliphatic rings. The van der Waals surface area contributed by atoms with Crippen LogP contribution in [0.5, 0.6) is 11.5 Å². The second-order valence-electron chi connectivity index (χ2n) is 4.89. The highest BCUT2D eigenvalue weighted by Gasteiger charge is 2.13. The zero-order valence-corrected chi connectivity index (χ0v) is 14.1. The van der Waals surface area contributed by atoms with Crippen molar-refractivity contribution in [2.24, 2.45) is 0 Å². The van der Waals surface area contributed by atoms with E-state index in [1.54, 1.807) is 18.9 Å². The van der Waals surface area contributed by atoms with Gasteiger partial charge >= 0.3 is 0 Å². The molecule has 5 heteroatoms. The van der Waals surface area contributed by atoms with E-state index < -0.39 is 0 Å². The number of benzene rings is 2. The van der Waals surface area contributed by atoms with E-state index in [-0.39, 0.29) is 11.2 Å². The van der Waals surface area contributed by atoms with Crippen LogP contribution in [0, 0.1) is 0 Å². The molecule has 0 saturated heterocycles. The van der Waals surface area contributed by atoms with Gasteiger partial charge in [-0.3, -0.25) is 4.79 Å². The van der Waals surface area contributed by atoms with Gasteiger partial charge in [-0.2, -0.15) is 0 Å². The number of anilines is 1. The molecule has 0 fully saturated rings. The van der Waals surface area contributed by atoms with Gasteiger partial charge in [0.1, 0.15) is 11.5 Å². The molecule has 23 heavy (non-hydrogen) atoms. The Morgan fingerprint density at radius 1 is 1.09 bits per heavy atom. The van der Waals surface area contributed by atoms with Crippen LogP contribution in [0.4, 0.5) is 5.69 Å². The topological polar surface area (TPSA) is 47.6 Å². The number of rotatable bonds is 8. The summed E-state index contributed by atoms with van der Waals surface area (Å²) in [5.41, 5.74) is 0.767. The summed E-state index contributed by atoms with van der Waals surface area (Å²) in [6.07, 6.45) is 0.